The van der Waals surface area contributed by atoms with Crippen molar-refractivity contribution in [2.75, 3.05) is 7.05 Å². The fraction of sp³-hybridized carbons (Fsp3) is 0.708. The van der Waals surface area contributed by atoms with Crippen molar-refractivity contribution in [3.05, 3.63) is 28.8 Å². The number of nitrogens with two attached hydrogens (primary N) is 1. The molecule has 5 heteroatoms. The molecule has 0 saturated heterocycles. The number of hydrogen-bond acceptors (Lipinski definition) is 4. The maximum absolute atomic E-state index is 12.3. The normalized spacial score (nSPS) is 38.6. The van der Waals surface area contributed by atoms with Gasteiger partial charge in [0, 0.05) is 17.0 Å². The molecule has 2 bridgehead atoms. The molecule has 4 aliphatic carbocycles. The molecule has 158 valence electrons. The molecule has 29 heavy (non-hydrogen) atoms. The van der Waals surface area contributed by atoms with E-state index in [1.54, 1.807) is 6.07 Å². The van der Waals surface area contributed by atoms with Crippen LogP contribution in [0, 0.1) is 17.8 Å². The fourth-order valence-electron chi connectivity index (χ4n) is 7.45. The van der Waals surface area contributed by atoms with Gasteiger partial charge in [0.05, 0.1) is 11.2 Å². The van der Waals surface area contributed by atoms with Crippen molar-refractivity contribution in [3.8, 4) is 5.75 Å². The lowest BCUT2D eigenvalue weighted by Crippen LogP contribution is -2.68. The van der Waals surface area contributed by atoms with Crippen LogP contribution in [-0.4, -0.2) is 34.8 Å². The Morgan fingerprint density at radius 3 is 2.69 bits per heavy atom. The van der Waals surface area contributed by atoms with Gasteiger partial charge < -0.3 is 21.3 Å². The van der Waals surface area contributed by atoms with Crippen LogP contribution in [0.1, 0.15) is 79.3 Å². The van der Waals surface area contributed by atoms with Gasteiger partial charge in [0.2, 0.25) is 0 Å². The number of rotatable bonds is 4. The summed E-state index contributed by atoms with van der Waals surface area (Å²) >= 11 is 0. The highest BCUT2D eigenvalue weighted by molar-refractivity contribution is 5.96. The maximum Gasteiger partial charge on any atom is 0.252 e. The molecule has 4 aliphatic rings. The van der Waals surface area contributed by atoms with E-state index in [-0.39, 0.29) is 17.2 Å². The number of aliphatic hydroxyl groups is 1. The summed E-state index contributed by atoms with van der Waals surface area (Å²) in [5.41, 5.74) is 6.35. The number of phenols is 1. The van der Waals surface area contributed by atoms with Crippen molar-refractivity contribution < 1.29 is 15.0 Å². The maximum atomic E-state index is 12.3. The van der Waals surface area contributed by atoms with E-state index in [2.05, 4.69) is 5.32 Å². The SMILES string of the molecule is CNC1CC[C@@]2(O)[C@H]3Cc4ccc(C(N)=O)c(O)c4C2(CCC3CC2CCC2)C1. The van der Waals surface area contributed by atoms with Crippen molar-refractivity contribution in [1.82, 2.24) is 5.32 Å². The molecule has 1 amide bonds. The number of hydrogen-bond donors (Lipinski definition) is 4. The highest BCUT2D eigenvalue weighted by atomic mass is 16.3. The number of nitrogens with one attached hydrogen (secondary N) is 1. The predicted octanol–water partition coefficient (Wildman–Crippen LogP) is 3.00. The average Bonchev–Trinajstić information content (AvgIpc) is 2.65. The molecule has 0 heterocycles. The summed E-state index contributed by atoms with van der Waals surface area (Å²) < 4.78 is 0. The zero-order valence-corrected chi connectivity index (χ0v) is 17.4. The largest absolute Gasteiger partial charge is 0.507 e. The fourth-order valence-corrected chi connectivity index (χ4v) is 7.45. The third-order valence-electron chi connectivity index (χ3n) is 9.14. The van der Waals surface area contributed by atoms with E-state index in [0.717, 1.165) is 55.6 Å². The van der Waals surface area contributed by atoms with Crippen molar-refractivity contribution in [3.63, 3.8) is 0 Å². The Morgan fingerprint density at radius 1 is 1.24 bits per heavy atom. The highest BCUT2D eigenvalue weighted by Crippen LogP contribution is 2.65. The first-order chi connectivity index (χ1) is 13.9. The molecule has 0 spiro atoms. The van der Waals surface area contributed by atoms with Crippen molar-refractivity contribution in [2.24, 2.45) is 23.5 Å². The molecular formula is C24H34N2O3. The Morgan fingerprint density at radius 2 is 2.03 bits per heavy atom. The van der Waals surface area contributed by atoms with Gasteiger partial charge in [0.1, 0.15) is 5.75 Å². The summed E-state index contributed by atoms with van der Waals surface area (Å²) in [5, 5.41) is 26.9. The Kier molecular flexibility index (Phi) is 4.48. The smallest absolute Gasteiger partial charge is 0.252 e. The second kappa shape index (κ2) is 6.71. The summed E-state index contributed by atoms with van der Waals surface area (Å²) in [5.74, 6) is 1.03. The molecule has 1 aromatic carbocycles. The third kappa shape index (κ3) is 2.63. The van der Waals surface area contributed by atoms with Crippen LogP contribution in [0.4, 0.5) is 0 Å². The molecule has 5 rings (SSSR count). The molecule has 3 fully saturated rings. The zero-order chi connectivity index (χ0) is 20.4. The minimum Gasteiger partial charge on any atom is -0.507 e. The number of benzene rings is 1. The molecular weight excluding hydrogens is 364 g/mol. The van der Waals surface area contributed by atoms with E-state index in [1.165, 1.54) is 25.7 Å². The predicted molar refractivity (Wildman–Crippen MR) is 112 cm³/mol. The Bertz CT molecular complexity index is 836. The van der Waals surface area contributed by atoms with Gasteiger partial charge in [-0.1, -0.05) is 25.3 Å². The lowest BCUT2D eigenvalue weighted by molar-refractivity contribution is -0.172. The van der Waals surface area contributed by atoms with Gasteiger partial charge in [-0.3, -0.25) is 4.79 Å². The van der Waals surface area contributed by atoms with Crippen molar-refractivity contribution in [1.29, 1.82) is 0 Å². The van der Waals surface area contributed by atoms with Crippen LogP contribution >= 0.6 is 0 Å². The second-order valence-electron chi connectivity index (χ2n) is 10.2. The minimum absolute atomic E-state index is 0.0149. The quantitative estimate of drug-likeness (QED) is 0.627. The molecule has 0 aliphatic heterocycles. The number of primary amides is 1. The number of carbonyl (C=O) groups excluding carboxylic acids is 1. The first kappa shape index (κ1) is 19.4. The van der Waals surface area contributed by atoms with Gasteiger partial charge in [0.15, 0.2) is 0 Å². The number of fused-ring (bicyclic) bond motifs is 1. The lowest BCUT2D eigenvalue weighted by Gasteiger charge is -2.64. The van der Waals surface area contributed by atoms with Crippen molar-refractivity contribution in [2.45, 2.75) is 81.3 Å². The van der Waals surface area contributed by atoms with E-state index >= 15 is 0 Å². The third-order valence-corrected chi connectivity index (χ3v) is 9.14. The lowest BCUT2D eigenvalue weighted by atomic mass is 9.43. The van der Waals surface area contributed by atoms with Crippen LogP contribution < -0.4 is 11.1 Å². The van der Waals surface area contributed by atoms with Crippen LogP contribution in [0.2, 0.25) is 0 Å². The average molecular weight is 399 g/mol. The van der Waals surface area contributed by atoms with Gasteiger partial charge in [-0.25, -0.2) is 0 Å². The molecule has 5 N–H and O–H groups in total. The molecule has 3 saturated carbocycles. The van der Waals surface area contributed by atoms with Crippen molar-refractivity contribution >= 4 is 5.91 Å². The molecule has 5 atom stereocenters. The minimum atomic E-state index is -0.812. The summed E-state index contributed by atoms with van der Waals surface area (Å²) in [6.07, 6.45) is 10.5. The van der Waals surface area contributed by atoms with E-state index < -0.39 is 16.9 Å². The van der Waals surface area contributed by atoms with Gasteiger partial charge in [-0.15, -0.1) is 0 Å². The standard InChI is InChI=1S/C24H34N2O3/c1-26-17-8-10-24(29)19-12-16-5-6-18(22(25)28)21(27)20(16)23(24,13-17)9-7-15(19)11-14-3-2-4-14/h5-6,14-15,17,19,26-27,29H,2-4,7-13H2,1H3,(H2,25,28)/t15?,17?,19-,23?,24+/m0/s1. The molecule has 0 radical (unpaired) electrons. The van der Waals surface area contributed by atoms with Crippen LogP contribution in [0.25, 0.3) is 0 Å². The van der Waals surface area contributed by atoms with Gasteiger partial charge in [-0.05, 0) is 81.4 Å². The number of carbonyl (C=O) groups is 1. The van der Waals surface area contributed by atoms with E-state index in [9.17, 15) is 15.0 Å². The Labute approximate surface area is 173 Å². The van der Waals surface area contributed by atoms with E-state index in [0.29, 0.717) is 12.0 Å². The van der Waals surface area contributed by atoms with Crippen LogP contribution in [0.3, 0.4) is 0 Å². The molecule has 5 nitrogen and oxygen atoms in total. The molecule has 3 unspecified atom stereocenters. The van der Waals surface area contributed by atoms with Gasteiger partial charge in [-0.2, -0.15) is 0 Å². The summed E-state index contributed by atoms with van der Waals surface area (Å²) in [4.78, 5) is 11.9. The summed E-state index contributed by atoms with van der Waals surface area (Å²) in [6.45, 7) is 0. The van der Waals surface area contributed by atoms with Crippen LogP contribution in [0.5, 0.6) is 5.75 Å². The number of aromatic hydroxyl groups is 1. The molecule has 0 aromatic heterocycles. The van der Waals surface area contributed by atoms with Gasteiger partial charge in [0.25, 0.3) is 5.91 Å². The topological polar surface area (TPSA) is 95.6 Å². The van der Waals surface area contributed by atoms with Crippen LogP contribution in [-0.2, 0) is 11.8 Å². The zero-order valence-electron chi connectivity index (χ0n) is 17.4. The Balaban J connectivity index is 1.64. The highest BCUT2D eigenvalue weighted by Gasteiger charge is 2.65. The summed E-state index contributed by atoms with van der Waals surface area (Å²) in [6, 6.07) is 3.96. The Hall–Kier alpha value is -1.59. The second-order valence-corrected chi connectivity index (χ2v) is 10.2. The van der Waals surface area contributed by atoms with E-state index in [4.69, 9.17) is 5.73 Å². The first-order valence-corrected chi connectivity index (χ1v) is 11.4. The summed E-state index contributed by atoms with van der Waals surface area (Å²) in [7, 11) is 1.98. The van der Waals surface area contributed by atoms with E-state index in [1.807, 2.05) is 13.1 Å². The molecule has 1 aromatic rings. The number of amides is 1. The first-order valence-electron chi connectivity index (χ1n) is 11.4. The monoisotopic (exact) mass is 398 g/mol. The van der Waals surface area contributed by atoms with Crippen LogP contribution in [0.15, 0.2) is 12.1 Å². The van der Waals surface area contributed by atoms with Gasteiger partial charge >= 0.3 is 0 Å².